The molecule has 0 unspecified atom stereocenters. The van der Waals surface area contributed by atoms with Gasteiger partial charge < -0.3 is 22.9 Å². The Morgan fingerprint density at radius 2 is 1.52 bits per heavy atom. The highest BCUT2D eigenvalue weighted by molar-refractivity contribution is 6.74. The van der Waals surface area contributed by atoms with Crippen LogP contribution in [0.2, 0.25) is 57.4 Å². The Balaban J connectivity index is 2.73. The number of esters is 1. The third-order valence-electron chi connectivity index (χ3n) is 6.43. The summed E-state index contributed by atoms with van der Waals surface area (Å²) in [6.07, 6.45) is -0.937. The van der Waals surface area contributed by atoms with Crippen LogP contribution in [0.3, 0.4) is 0 Å². The molecule has 4 atom stereocenters. The van der Waals surface area contributed by atoms with E-state index in [1.165, 1.54) is 7.11 Å². The molecule has 180 valence electrons. The Labute approximate surface area is 191 Å². The fourth-order valence-corrected chi connectivity index (χ4v) is 7.69. The quantitative estimate of drug-likeness (QED) is 0.394. The molecule has 2 rings (SSSR count). The zero-order valence-corrected chi connectivity index (χ0v) is 24.5. The summed E-state index contributed by atoms with van der Waals surface area (Å²) in [7, 11) is -5.24. The van der Waals surface area contributed by atoms with E-state index < -0.39 is 48.8 Å². The van der Waals surface area contributed by atoms with Crippen molar-refractivity contribution >= 4 is 36.8 Å². The number of carbonyl (C=O) groups is 2. The summed E-state index contributed by atoms with van der Waals surface area (Å²) in [5.74, 6) is -1.09. The van der Waals surface area contributed by atoms with Crippen LogP contribution >= 0.6 is 0 Å². The van der Waals surface area contributed by atoms with Crippen molar-refractivity contribution in [1.29, 1.82) is 0 Å². The summed E-state index contributed by atoms with van der Waals surface area (Å²) < 4.78 is 25.4. The predicted molar refractivity (Wildman–Crippen MR) is 129 cm³/mol. The number of hydrogen-bond donors (Lipinski definition) is 0. The van der Waals surface area contributed by atoms with Gasteiger partial charge in [0.25, 0.3) is 5.91 Å². The molecule has 1 amide bonds. The van der Waals surface area contributed by atoms with Crippen molar-refractivity contribution in [2.45, 2.75) is 103 Å². The lowest BCUT2D eigenvalue weighted by Gasteiger charge is -2.49. The van der Waals surface area contributed by atoms with Gasteiger partial charge in [-0.05, 0) is 63.8 Å². The number of fused-ring (bicyclic) bond motifs is 1. The van der Waals surface area contributed by atoms with Crippen molar-refractivity contribution in [3.8, 4) is 0 Å². The SMILES string of the molecule is COC(=O)[C@@H]1CCN2C(=O)[C@H](O[Si](C)(C)C)[C@@H](O[Si](C)(C)C)[C@]12O[Si](C)(C)C(C)(C)C. The van der Waals surface area contributed by atoms with E-state index in [0.29, 0.717) is 13.0 Å². The Morgan fingerprint density at radius 3 is 1.94 bits per heavy atom. The molecule has 2 aliphatic rings. The summed E-state index contributed by atoms with van der Waals surface area (Å²) in [5, 5.41) is -0.110. The molecule has 0 saturated carbocycles. The molecule has 0 spiro atoms. The van der Waals surface area contributed by atoms with Gasteiger partial charge in [-0.3, -0.25) is 9.59 Å². The summed E-state index contributed by atoms with van der Waals surface area (Å²) in [4.78, 5) is 28.4. The summed E-state index contributed by atoms with van der Waals surface area (Å²) in [6, 6.07) is 0. The maximum absolute atomic E-state index is 13.7. The average molecular weight is 490 g/mol. The lowest BCUT2D eigenvalue weighted by Crippen LogP contribution is -2.64. The molecule has 0 aliphatic carbocycles. The van der Waals surface area contributed by atoms with Crippen molar-refractivity contribution in [2.75, 3.05) is 13.7 Å². The second-order valence-corrected chi connectivity index (χ2v) is 25.9. The molecule has 10 heteroatoms. The van der Waals surface area contributed by atoms with Crippen LogP contribution in [-0.2, 0) is 27.6 Å². The van der Waals surface area contributed by atoms with E-state index in [9.17, 15) is 9.59 Å². The number of ether oxygens (including phenoxy) is 1. The van der Waals surface area contributed by atoms with Crippen LogP contribution in [-0.4, -0.2) is 73.3 Å². The van der Waals surface area contributed by atoms with Gasteiger partial charge in [0.15, 0.2) is 36.8 Å². The van der Waals surface area contributed by atoms with Gasteiger partial charge >= 0.3 is 5.97 Å². The average Bonchev–Trinajstić information content (AvgIpc) is 3.00. The van der Waals surface area contributed by atoms with Crippen molar-refractivity contribution in [3.63, 3.8) is 0 Å². The minimum absolute atomic E-state index is 0.110. The molecular weight excluding hydrogens is 446 g/mol. The normalized spacial score (nSPS) is 30.0. The highest BCUT2D eigenvalue weighted by Crippen LogP contribution is 2.52. The molecule has 0 aromatic heterocycles. The Bertz CT molecular complexity index is 709. The third-order valence-corrected chi connectivity index (χ3v) is 12.8. The van der Waals surface area contributed by atoms with E-state index in [1.807, 2.05) is 0 Å². The fraction of sp³-hybridized carbons (Fsp3) is 0.905. The molecule has 0 aromatic carbocycles. The second-order valence-electron chi connectivity index (χ2n) is 12.3. The van der Waals surface area contributed by atoms with Gasteiger partial charge in [-0.15, -0.1) is 0 Å². The molecular formula is C21H43NO6Si3. The lowest BCUT2D eigenvalue weighted by atomic mass is 9.91. The Kier molecular flexibility index (Phi) is 7.20. The number of amides is 1. The van der Waals surface area contributed by atoms with Gasteiger partial charge in [0, 0.05) is 6.54 Å². The molecule has 0 N–H and O–H groups in total. The topological polar surface area (TPSA) is 74.3 Å². The Hall–Kier alpha value is -0.529. The van der Waals surface area contributed by atoms with E-state index in [1.54, 1.807) is 4.90 Å². The molecule has 2 fully saturated rings. The van der Waals surface area contributed by atoms with Crippen molar-refractivity contribution in [2.24, 2.45) is 5.92 Å². The van der Waals surface area contributed by atoms with Gasteiger partial charge in [0.05, 0.1) is 7.11 Å². The highest BCUT2D eigenvalue weighted by atomic mass is 28.4. The van der Waals surface area contributed by atoms with Crippen molar-refractivity contribution in [1.82, 2.24) is 4.90 Å². The zero-order chi connectivity index (χ0) is 24.2. The smallest absolute Gasteiger partial charge is 0.313 e. The van der Waals surface area contributed by atoms with Gasteiger partial charge in [0.2, 0.25) is 0 Å². The molecule has 2 heterocycles. The standard InChI is InChI=1S/C21H43NO6Si3/c1-20(2,3)31(11,12)28-21-15(19(24)25-4)13-14-22(21)18(23)16(26-29(5,6)7)17(21)27-30(8,9)10/h15-17H,13-14H2,1-12H3/t15-,16+,17+,21+/m0/s1. The first kappa shape index (κ1) is 26.7. The first-order valence-corrected chi connectivity index (χ1v) is 20.9. The van der Waals surface area contributed by atoms with Crippen LogP contribution in [0.1, 0.15) is 27.2 Å². The highest BCUT2D eigenvalue weighted by Gasteiger charge is 2.71. The molecule has 0 aromatic rings. The number of hydrogen-bond acceptors (Lipinski definition) is 6. The first-order valence-electron chi connectivity index (χ1n) is 11.2. The molecule has 0 bridgehead atoms. The number of methoxy groups -OCH3 is 1. The van der Waals surface area contributed by atoms with Crippen LogP contribution < -0.4 is 0 Å². The molecule has 2 saturated heterocycles. The van der Waals surface area contributed by atoms with Crippen LogP contribution in [0.25, 0.3) is 0 Å². The number of carbonyl (C=O) groups excluding carboxylic acids is 2. The van der Waals surface area contributed by atoms with Gasteiger partial charge in [-0.1, -0.05) is 20.8 Å². The van der Waals surface area contributed by atoms with Crippen molar-refractivity contribution < 1.29 is 27.6 Å². The summed E-state index contributed by atoms with van der Waals surface area (Å²) in [6.45, 7) is 23.7. The number of rotatable bonds is 7. The minimum Gasteiger partial charge on any atom is -0.469 e. The maximum Gasteiger partial charge on any atom is 0.313 e. The van der Waals surface area contributed by atoms with E-state index >= 15 is 0 Å². The minimum atomic E-state index is -2.41. The van der Waals surface area contributed by atoms with E-state index in [4.69, 9.17) is 18.0 Å². The predicted octanol–water partition coefficient (Wildman–Crippen LogP) is 4.18. The van der Waals surface area contributed by atoms with E-state index in [2.05, 4.69) is 73.1 Å². The Morgan fingerprint density at radius 1 is 1.00 bits per heavy atom. The first-order chi connectivity index (χ1) is 13.8. The van der Waals surface area contributed by atoms with Crippen LogP contribution in [0.15, 0.2) is 0 Å². The molecule has 31 heavy (non-hydrogen) atoms. The van der Waals surface area contributed by atoms with Crippen molar-refractivity contribution in [3.05, 3.63) is 0 Å². The number of nitrogens with zero attached hydrogens (tertiary/aromatic N) is 1. The fourth-order valence-electron chi connectivity index (χ4n) is 4.16. The molecule has 0 radical (unpaired) electrons. The largest absolute Gasteiger partial charge is 0.469 e. The molecule has 7 nitrogen and oxygen atoms in total. The third kappa shape index (κ3) is 5.19. The molecule has 2 aliphatic heterocycles. The lowest BCUT2D eigenvalue weighted by molar-refractivity contribution is -0.174. The van der Waals surface area contributed by atoms with Gasteiger partial charge in [0.1, 0.15) is 12.0 Å². The van der Waals surface area contributed by atoms with E-state index in [-0.39, 0.29) is 16.9 Å². The second kappa shape index (κ2) is 8.36. The van der Waals surface area contributed by atoms with Crippen LogP contribution in [0.4, 0.5) is 0 Å². The zero-order valence-electron chi connectivity index (χ0n) is 21.5. The maximum atomic E-state index is 13.7. The van der Waals surface area contributed by atoms with Gasteiger partial charge in [-0.25, -0.2) is 0 Å². The van der Waals surface area contributed by atoms with Gasteiger partial charge in [-0.2, -0.15) is 0 Å². The van der Waals surface area contributed by atoms with E-state index in [0.717, 1.165) is 0 Å². The van der Waals surface area contributed by atoms with Crippen LogP contribution in [0.5, 0.6) is 0 Å². The summed E-state index contributed by atoms with van der Waals surface area (Å²) in [5.41, 5.74) is -1.20. The summed E-state index contributed by atoms with van der Waals surface area (Å²) >= 11 is 0. The monoisotopic (exact) mass is 489 g/mol. The van der Waals surface area contributed by atoms with Crippen LogP contribution in [0, 0.1) is 5.92 Å².